The highest BCUT2D eigenvalue weighted by atomic mass is 16.5. The van der Waals surface area contributed by atoms with Crippen LogP contribution < -0.4 is 10.6 Å². The molecule has 19 heavy (non-hydrogen) atoms. The summed E-state index contributed by atoms with van der Waals surface area (Å²) < 4.78 is 9.95. The highest BCUT2D eigenvalue weighted by molar-refractivity contribution is 5.55. The molecule has 2 rings (SSSR count). The summed E-state index contributed by atoms with van der Waals surface area (Å²) in [5.41, 5.74) is 0. The topological polar surface area (TPSA) is 85.1 Å². The number of nitrogens with one attached hydrogen (secondary N) is 2. The monoisotopic (exact) mass is 263 g/mol. The molecule has 0 aliphatic heterocycles. The summed E-state index contributed by atoms with van der Waals surface area (Å²) in [4.78, 5) is 8.26. The maximum Gasteiger partial charge on any atom is 0.175 e. The van der Waals surface area contributed by atoms with E-state index in [4.69, 9.17) is 9.26 Å². The number of hydrogen-bond donors (Lipinski definition) is 2. The average Bonchev–Trinajstić information content (AvgIpc) is 2.81. The molecule has 0 unspecified atom stereocenters. The molecule has 0 spiro atoms. The zero-order valence-electron chi connectivity index (χ0n) is 11.0. The van der Waals surface area contributed by atoms with Gasteiger partial charge in [-0.2, -0.15) is 0 Å². The lowest BCUT2D eigenvalue weighted by molar-refractivity contribution is 0.198. The summed E-state index contributed by atoms with van der Waals surface area (Å²) in [5.74, 6) is 2.79. The second kappa shape index (κ2) is 6.69. The first-order valence-corrected chi connectivity index (χ1v) is 6.03. The smallest absolute Gasteiger partial charge is 0.175 e. The Balaban J connectivity index is 1.91. The Morgan fingerprint density at radius 3 is 2.79 bits per heavy atom. The van der Waals surface area contributed by atoms with Crippen molar-refractivity contribution >= 4 is 17.5 Å². The molecule has 0 saturated carbocycles. The first kappa shape index (κ1) is 13.3. The Bertz CT molecular complexity index is 514. The fraction of sp³-hybridized carbons (Fsp3) is 0.417. The van der Waals surface area contributed by atoms with Crippen molar-refractivity contribution in [2.45, 2.75) is 13.3 Å². The summed E-state index contributed by atoms with van der Waals surface area (Å²) in [5, 5.41) is 10.1. The summed E-state index contributed by atoms with van der Waals surface area (Å²) >= 11 is 0. The summed E-state index contributed by atoms with van der Waals surface area (Å²) in [6, 6.07) is 3.62. The third kappa shape index (κ3) is 4.22. The maximum absolute atomic E-state index is 4.98. The van der Waals surface area contributed by atoms with E-state index in [1.807, 2.05) is 13.0 Å². The van der Waals surface area contributed by atoms with Gasteiger partial charge in [-0.05, 0) is 13.3 Å². The van der Waals surface area contributed by atoms with Crippen LogP contribution >= 0.6 is 0 Å². The third-order valence-corrected chi connectivity index (χ3v) is 2.38. The van der Waals surface area contributed by atoms with Gasteiger partial charge in [-0.15, -0.1) is 0 Å². The number of aromatic nitrogens is 3. The van der Waals surface area contributed by atoms with Gasteiger partial charge in [-0.1, -0.05) is 5.16 Å². The molecule has 0 fully saturated rings. The van der Waals surface area contributed by atoms with E-state index in [1.54, 1.807) is 13.2 Å². The van der Waals surface area contributed by atoms with E-state index in [0.29, 0.717) is 11.6 Å². The van der Waals surface area contributed by atoms with Crippen molar-refractivity contribution in [3.63, 3.8) is 0 Å². The minimum Gasteiger partial charge on any atom is -0.385 e. The Labute approximate surface area is 111 Å². The van der Waals surface area contributed by atoms with Crippen molar-refractivity contribution in [2.75, 3.05) is 30.9 Å². The fourth-order valence-corrected chi connectivity index (χ4v) is 1.51. The van der Waals surface area contributed by atoms with Crippen LogP contribution in [-0.2, 0) is 4.74 Å². The van der Waals surface area contributed by atoms with E-state index in [9.17, 15) is 0 Å². The molecule has 0 aromatic carbocycles. The summed E-state index contributed by atoms with van der Waals surface area (Å²) in [6.45, 7) is 3.36. The molecule has 0 aliphatic carbocycles. The van der Waals surface area contributed by atoms with E-state index >= 15 is 0 Å². The normalized spacial score (nSPS) is 10.4. The number of nitrogens with zero attached hydrogens (tertiary/aromatic N) is 3. The second-order valence-corrected chi connectivity index (χ2v) is 4.01. The van der Waals surface area contributed by atoms with Gasteiger partial charge in [0.2, 0.25) is 0 Å². The van der Waals surface area contributed by atoms with Crippen LogP contribution in [-0.4, -0.2) is 35.4 Å². The molecule has 2 aromatic rings. The van der Waals surface area contributed by atoms with Gasteiger partial charge in [-0.3, -0.25) is 0 Å². The van der Waals surface area contributed by atoms with Crippen LogP contribution in [0, 0.1) is 6.92 Å². The quantitative estimate of drug-likeness (QED) is 0.738. The van der Waals surface area contributed by atoms with Crippen LogP contribution in [0.4, 0.5) is 17.5 Å². The van der Waals surface area contributed by atoms with E-state index in [-0.39, 0.29) is 0 Å². The molecule has 0 saturated heterocycles. The Morgan fingerprint density at radius 2 is 2.05 bits per heavy atom. The zero-order chi connectivity index (χ0) is 13.5. The van der Waals surface area contributed by atoms with Crippen molar-refractivity contribution in [1.29, 1.82) is 0 Å². The lowest BCUT2D eigenvalue weighted by Crippen LogP contribution is -2.06. The average molecular weight is 263 g/mol. The molecule has 2 heterocycles. The van der Waals surface area contributed by atoms with Crippen molar-refractivity contribution in [3.8, 4) is 0 Å². The zero-order valence-corrected chi connectivity index (χ0v) is 11.0. The number of methoxy groups -OCH3 is 1. The molecule has 2 aromatic heterocycles. The van der Waals surface area contributed by atoms with Crippen molar-refractivity contribution in [3.05, 3.63) is 24.2 Å². The van der Waals surface area contributed by atoms with Gasteiger partial charge in [0.1, 0.15) is 23.7 Å². The minimum atomic E-state index is 0.626. The van der Waals surface area contributed by atoms with Gasteiger partial charge in [0.05, 0.1) is 0 Å². The van der Waals surface area contributed by atoms with Gasteiger partial charge in [0.25, 0.3) is 0 Å². The lowest BCUT2D eigenvalue weighted by Gasteiger charge is -2.06. The molecule has 0 bridgehead atoms. The predicted molar refractivity (Wildman–Crippen MR) is 71.5 cm³/mol. The van der Waals surface area contributed by atoms with Crippen LogP contribution in [0.1, 0.15) is 12.2 Å². The van der Waals surface area contributed by atoms with E-state index in [1.165, 1.54) is 6.33 Å². The molecule has 7 heteroatoms. The first-order valence-electron chi connectivity index (χ1n) is 6.03. The Kier molecular flexibility index (Phi) is 4.68. The molecule has 0 radical (unpaired) electrons. The molecule has 7 nitrogen and oxygen atoms in total. The SMILES string of the molecule is COCCCNc1cc(Nc2cc(C)on2)ncn1. The third-order valence-electron chi connectivity index (χ3n) is 2.38. The molecule has 2 N–H and O–H groups in total. The number of rotatable bonds is 7. The minimum absolute atomic E-state index is 0.626. The largest absolute Gasteiger partial charge is 0.385 e. The highest BCUT2D eigenvalue weighted by Gasteiger charge is 2.03. The predicted octanol–water partition coefficient (Wildman–Crippen LogP) is 1.97. The van der Waals surface area contributed by atoms with Gasteiger partial charge in [0.15, 0.2) is 5.82 Å². The Hall–Kier alpha value is -2.15. The van der Waals surface area contributed by atoms with Gasteiger partial charge in [0, 0.05) is 32.4 Å². The molecular formula is C12H17N5O2. The highest BCUT2D eigenvalue weighted by Crippen LogP contribution is 2.15. The number of anilines is 3. The van der Waals surface area contributed by atoms with E-state index in [0.717, 1.165) is 31.2 Å². The molecule has 0 atom stereocenters. The molecule has 102 valence electrons. The summed E-state index contributed by atoms with van der Waals surface area (Å²) in [6.07, 6.45) is 2.42. The van der Waals surface area contributed by atoms with Gasteiger partial charge >= 0.3 is 0 Å². The summed E-state index contributed by atoms with van der Waals surface area (Å²) in [7, 11) is 1.69. The van der Waals surface area contributed by atoms with Crippen molar-refractivity contribution < 1.29 is 9.26 Å². The van der Waals surface area contributed by atoms with Gasteiger partial charge < -0.3 is 19.9 Å². The van der Waals surface area contributed by atoms with Gasteiger partial charge in [-0.25, -0.2) is 9.97 Å². The van der Waals surface area contributed by atoms with Crippen LogP contribution in [0.15, 0.2) is 23.0 Å². The molecule has 0 amide bonds. The van der Waals surface area contributed by atoms with Crippen LogP contribution in [0.2, 0.25) is 0 Å². The molecular weight excluding hydrogens is 246 g/mol. The number of hydrogen-bond acceptors (Lipinski definition) is 7. The van der Waals surface area contributed by atoms with E-state index in [2.05, 4.69) is 25.8 Å². The van der Waals surface area contributed by atoms with E-state index < -0.39 is 0 Å². The van der Waals surface area contributed by atoms with Crippen LogP contribution in [0.5, 0.6) is 0 Å². The number of aryl methyl sites for hydroxylation is 1. The Morgan fingerprint density at radius 1 is 1.21 bits per heavy atom. The van der Waals surface area contributed by atoms with Crippen molar-refractivity contribution in [2.24, 2.45) is 0 Å². The maximum atomic E-state index is 4.98. The second-order valence-electron chi connectivity index (χ2n) is 4.01. The van der Waals surface area contributed by atoms with Crippen molar-refractivity contribution in [1.82, 2.24) is 15.1 Å². The van der Waals surface area contributed by atoms with Crippen LogP contribution in [0.3, 0.4) is 0 Å². The standard InChI is InChI=1S/C12H17N5O2/c1-9-6-12(17-19-9)16-11-7-10(14-8-15-11)13-4-3-5-18-2/h6-8H,3-5H2,1-2H3,(H2,13,14,15,16,17). The first-order chi connectivity index (χ1) is 9.28. The van der Waals surface area contributed by atoms with Crippen LogP contribution in [0.25, 0.3) is 0 Å². The molecule has 0 aliphatic rings. The number of ether oxygens (including phenoxy) is 1. The lowest BCUT2D eigenvalue weighted by atomic mass is 10.4. The fourth-order valence-electron chi connectivity index (χ4n) is 1.51.